The molecule has 0 saturated carbocycles. The Hall–Kier alpha value is -2.40. The Morgan fingerprint density at radius 1 is 1.22 bits per heavy atom. The van der Waals surface area contributed by atoms with E-state index in [2.05, 4.69) is 10.3 Å². The first-order valence-electron chi connectivity index (χ1n) is 7.67. The Bertz CT molecular complexity index is 628. The number of rotatable bonds is 5. The number of aliphatic hydroxyl groups is 1. The highest BCUT2D eigenvalue weighted by Gasteiger charge is 2.17. The Morgan fingerprint density at radius 3 is 2.48 bits per heavy atom. The first kappa shape index (κ1) is 17.0. The maximum Gasteiger partial charge on any atom is 0.317 e. The molecule has 2 atom stereocenters. The predicted molar refractivity (Wildman–Crippen MR) is 90.9 cm³/mol. The van der Waals surface area contributed by atoms with Gasteiger partial charge in [-0.1, -0.05) is 30.3 Å². The van der Waals surface area contributed by atoms with E-state index in [1.54, 1.807) is 20.2 Å². The second-order valence-electron chi connectivity index (χ2n) is 5.68. The molecule has 2 rings (SSSR count). The van der Waals surface area contributed by atoms with Crippen molar-refractivity contribution in [2.45, 2.75) is 25.9 Å². The number of carbonyl (C=O) groups excluding carboxylic acids is 1. The molecule has 1 aromatic carbocycles. The number of nitrogens with one attached hydrogen (secondary N) is 1. The molecule has 0 radical (unpaired) electrons. The normalized spacial score (nSPS) is 13.2. The molecule has 5 heteroatoms. The summed E-state index contributed by atoms with van der Waals surface area (Å²) in [6, 6.07) is 11.4. The third-order valence-electron chi connectivity index (χ3n) is 3.99. The number of likely N-dealkylation sites (N-methyl/N-ethyl adjacent to an activating group) is 1. The van der Waals surface area contributed by atoms with E-state index in [0.29, 0.717) is 0 Å². The lowest BCUT2D eigenvalue weighted by atomic mass is 10.0. The summed E-state index contributed by atoms with van der Waals surface area (Å²) < 4.78 is 0. The molecular weight excluding hydrogens is 290 g/mol. The van der Waals surface area contributed by atoms with Gasteiger partial charge in [0.15, 0.2) is 0 Å². The van der Waals surface area contributed by atoms with E-state index in [1.807, 2.05) is 49.5 Å². The SMILES string of the molecule is CC(NC(=O)N(C)C(C)CO)c1ccc(-c2cccnc2)cc1. The van der Waals surface area contributed by atoms with Crippen molar-refractivity contribution in [3.63, 3.8) is 0 Å². The molecule has 5 nitrogen and oxygen atoms in total. The quantitative estimate of drug-likeness (QED) is 0.892. The van der Waals surface area contributed by atoms with Crippen molar-refractivity contribution in [1.82, 2.24) is 15.2 Å². The molecule has 0 aliphatic carbocycles. The van der Waals surface area contributed by atoms with Crippen LogP contribution in [-0.2, 0) is 0 Å². The molecule has 2 aromatic rings. The number of carbonyl (C=O) groups is 1. The van der Waals surface area contributed by atoms with E-state index in [0.717, 1.165) is 16.7 Å². The molecule has 0 saturated heterocycles. The molecule has 2 amide bonds. The number of pyridine rings is 1. The number of hydrogen-bond donors (Lipinski definition) is 2. The molecule has 0 spiro atoms. The summed E-state index contributed by atoms with van der Waals surface area (Å²) in [7, 11) is 1.68. The van der Waals surface area contributed by atoms with Gasteiger partial charge in [-0.25, -0.2) is 4.79 Å². The van der Waals surface area contributed by atoms with Crippen LogP contribution in [0.4, 0.5) is 4.79 Å². The topological polar surface area (TPSA) is 65.5 Å². The zero-order valence-corrected chi connectivity index (χ0v) is 13.7. The molecule has 0 bridgehead atoms. The second-order valence-corrected chi connectivity index (χ2v) is 5.68. The number of benzene rings is 1. The van der Waals surface area contributed by atoms with E-state index in [-0.39, 0.29) is 24.7 Å². The summed E-state index contributed by atoms with van der Waals surface area (Å²) in [6.45, 7) is 3.68. The highest BCUT2D eigenvalue weighted by molar-refractivity contribution is 5.74. The fraction of sp³-hybridized carbons (Fsp3) is 0.333. The van der Waals surface area contributed by atoms with Gasteiger partial charge in [0, 0.05) is 19.4 Å². The van der Waals surface area contributed by atoms with Gasteiger partial charge in [-0.15, -0.1) is 0 Å². The summed E-state index contributed by atoms with van der Waals surface area (Å²) in [5.41, 5.74) is 3.18. The minimum Gasteiger partial charge on any atom is -0.394 e. The number of amides is 2. The predicted octanol–water partition coefficient (Wildman–Crippen LogP) is 2.83. The van der Waals surface area contributed by atoms with Gasteiger partial charge in [-0.3, -0.25) is 4.98 Å². The van der Waals surface area contributed by atoms with Crippen LogP contribution in [0.15, 0.2) is 48.8 Å². The van der Waals surface area contributed by atoms with Crippen LogP contribution in [0.5, 0.6) is 0 Å². The lowest BCUT2D eigenvalue weighted by Gasteiger charge is -2.25. The highest BCUT2D eigenvalue weighted by atomic mass is 16.3. The minimum atomic E-state index is -0.213. The number of hydrogen-bond acceptors (Lipinski definition) is 3. The van der Waals surface area contributed by atoms with Crippen LogP contribution in [0.25, 0.3) is 11.1 Å². The minimum absolute atomic E-state index is 0.0574. The van der Waals surface area contributed by atoms with Crippen LogP contribution in [0.2, 0.25) is 0 Å². The summed E-state index contributed by atoms with van der Waals surface area (Å²) >= 11 is 0. The smallest absolute Gasteiger partial charge is 0.317 e. The second kappa shape index (κ2) is 7.74. The first-order chi connectivity index (χ1) is 11.0. The maximum absolute atomic E-state index is 12.1. The molecule has 0 aliphatic heterocycles. The van der Waals surface area contributed by atoms with E-state index >= 15 is 0 Å². The summed E-state index contributed by atoms with van der Waals surface area (Å²) in [4.78, 5) is 17.7. The van der Waals surface area contributed by atoms with Crippen molar-refractivity contribution in [1.29, 1.82) is 0 Å². The molecule has 122 valence electrons. The number of aromatic nitrogens is 1. The molecule has 2 unspecified atom stereocenters. The largest absolute Gasteiger partial charge is 0.394 e. The van der Waals surface area contributed by atoms with E-state index < -0.39 is 0 Å². The Kier molecular flexibility index (Phi) is 5.71. The van der Waals surface area contributed by atoms with Crippen molar-refractivity contribution < 1.29 is 9.90 Å². The van der Waals surface area contributed by atoms with Crippen molar-refractivity contribution in [2.75, 3.05) is 13.7 Å². The van der Waals surface area contributed by atoms with Gasteiger partial charge >= 0.3 is 6.03 Å². The Labute approximate surface area is 137 Å². The standard InChI is InChI=1S/C18H23N3O2/c1-13(12-22)21(3)18(23)20-14(2)15-6-8-16(9-7-15)17-5-4-10-19-11-17/h4-11,13-14,22H,12H2,1-3H3,(H,20,23). The van der Waals surface area contributed by atoms with Crippen molar-refractivity contribution in [2.24, 2.45) is 0 Å². The summed E-state index contributed by atoms with van der Waals surface area (Å²) in [5, 5.41) is 12.1. The van der Waals surface area contributed by atoms with E-state index in [9.17, 15) is 4.79 Å². The molecule has 1 aromatic heterocycles. The number of urea groups is 1. The van der Waals surface area contributed by atoms with Gasteiger partial charge in [-0.2, -0.15) is 0 Å². The van der Waals surface area contributed by atoms with Crippen LogP contribution in [0.3, 0.4) is 0 Å². The molecule has 1 heterocycles. The van der Waals surface area contributed by atoms with Crippen LogP contribution in [-0.4, -0.2) is 40.7 Å². The zero-order chi connectivity index (χ0) is 16.8. The Morgan fingerprint density at radius 2 is 1.91 bits per heavy atom. The van der Waals surface area contributed by atoms with Gasteiger partial charge in [0.25, 0.3) is 0 Å². The third kappa shape index (κ3) is 4.29. The average Bonchev–Trinajstić information content (AvgIpc) is 2.61. The van der Waals surface area contributed by atoms with Gasteiger partial charge in [0.2, 0.25) is 0 Å². The third-order valence-corrected chi connectivity index (χ3v) is 3.99. The molecular formula is C18H23N3O2. The molecule has 2 N–H and O–H groups in total. The number of aliphatic hydroxyl groups excluding tert-OH is 1. The maximum atomic E-state index is 12.1. The summed E-state index contributed by atoms with van der Waals surface area (Å²) in [5.74, 6) is 0. The molecule has 0 aliphatic rings. The van der Waals surface area contributed by atoms with Gasteiger partial charge in [0.05, 0.1) is 18.7 Å². The molecule has 0 fully saturated rings. The highest BCUT2D eigenvalue weighted by Crippen LogP contribution is 2.21. The molecule has 23 heavy (non-hydrogen) atoms. The van der Waals surface area contributed by atoms with Crippen molar-refractivity contribution in [3.05, 3.63) is 54.4 Å². The Balaban J connectivity index is 2.03. The van der Waals surface area contributed by atoms with Crippen molar-refractivity contribution in [3.8, 4) is 11.1 Å². The van der Waals surface area contributed by atoms with E-state index in [4.69, 9.17) is 5.11 Å². The fourth-order valence-corrected chi connectivity index (χ4v) is 2.19. The van der Waals surface area contributed by atoms with Crippen LogP contribution in [0.1, 0.15) is 25.5 Å². The van der Waals surface area contributed by atoms with Crippen LogP contribution in [0, 0.1) is 0 Å². The van der Waals surface area contributed by atoms with Gasteiger partial charge < -0.3 is 15.3 Å². The van der Waals surface area contributed by atoms with Gasteiger partial charge in [0.1, 0.15) is 0 Å². The van der Waals surface area contributed by atoms with E-state index in [1.165, 1.54) is 4.90 Å². The zero-order valence-electron chi connectivity index (χ0n) is 13.7. The van der Waals surface area contributed by atoms with Crippen LogP contribution >= 0.6 is 0 Å². The number of nitrogens with zero attached hydrogens (tertiary/aromatic N) is 2. The first-order valence-corrected chi connectivity index (χ1v) is 7.67. The van der Waals surface area contributed by atoms with Crippen molar-refractivity contribution >= 4 is 6.03 Å². The summed E-state index contributed by atoms with van der Waals surface area (Å²) in [6.07, 6.45) is 3.57. The lowest BCUT2D eigenvalue weighted by molar-refractivity contribution is 0.155. The fourth-order valence-electron chi connectivity index (χ4n) is 2.19. The lowest BCUT2D eigenvalue weighted by Crippen LogP contribution is -2.44. The average molecular weight is 313 g/mol. The van der Waals surface area contributed by atoms with Gasteiger partial charge in [-0.05, 0) is 36.6 Å². The monoisotopic (exact) mass is 313 g/mol. The van der Waals surface area contributed by atoms with Crippen LogP contribution < -0.4 is 5.32 Å².